The Balaban J connectivity index is 2.04. The summed E-state index contributed by atoms with van der Waals surface area (Å²) in [5, 5.41) is 11.7. The van der Waals surface area contributed by atoms with Crippen LogP contribution in [0.25, 0.3) is 0 Å². The highest BCUT2D eigenvalue weighted by molar-refractivity contribution is 7.85. The monoisotopic (exact) mass is 379 g/mol. The minimum Gasteiger partial charge on any atom is -0.374 e. The Kier molecular flexibility index (Phi) is 6.70. The Morgan fingerprint density at radius 2 is 2.04 bits per heavy atom. The van der Waals surface area contributed by atoms with E-state index in [1.807, 2.05) is 11.0 Å². The number of carbonyl (C=O) groups is 1. The summed E-state index contributed by atoms with van der Waals surface area (Å²) in [4.78, 5) is 16.0. The normalized spacial score (nSPS) is 16.2. The van der Waals surface area contributed by atoms with Gasteiger partial charge in [0.2, 0.25) is 0 Å². The maximum absolute atomic E-state index is 12.3. The van der Waals surface area contributed by atoms with E-state index in [9.17, 15) is 18.5 Å². The summed E-state index contributed by atoms with van der Waals surface area (Å²) in [5.41, 5.74) is 5.61. The Labute approximate surface area is 152 Å². The first kappa shape index (κ1) is 19.9. The van der Waals surface area contributed by atoms with Crippen LogP contribution in [0.1, 0.15) is 0 Å². The van der Waals surface area contributed by atoms with Gasteiger partial charge in [-0.3, -0.25) is 14.2 Å². The Hall–Kier alpha value is -2.45. The Morgan fingerprint density at radius 1 is 1.35 bits per heavy atom. The van der Waals surface area contributed by atoms with Crippen LogP contribution in [-0.2, 0) is 14.9 Å². The van der Waals surface area contributed by atoms with Crippen molar-refractivity contribution in [2.75, 3.05) is 44.6 Å². The van der Waals surface area contributed by atoms with Crippen molar-refractivity contribution >= 4 is 21.7 Å². The number of benzene rings is 1. The lowest BCUT2D eigenvalue weighted by molar-refractivity contribution is -0.112. The molecule has 0 unspecified atom stereocenters. The summed E-state index contributed by atoms with van der Waals surface area (Å²) in [5.74, 6) is -0.649. The van der Waals surface area contributed by atoms with Crippen LogP contribution in [0.2, 0.25) is 0 Å². The third-order valence-corrected chi connectivity index (χ3v) is 4.77. The minimum absolute atomic E-state index is 0.0884. The molecule has 0 spiro atoms. The lowest BCUT2D eigenvalue weighted by Gasteiger charge is -2.33. The summed E-state index contributed by atoms with van der Waals surface area (Å²) in [7, 11) is -4.37. The number of nitrogens with two attached hydrogens (primary N) is 1. The van der Waals surface area contributed by atoms with Gasteiger partial charge in [0.1, 0.15) is 11.6 Å². The molecule has 1 aliphatic heterocycles. The average Bonchev–Trinajstić information content (AvgIpc) is 2.60. The van der Waals surface area contributed by atoms with Gasteiger partial charge in [-0.05, 0) is 18.2 Å². The first-order chi connectivity index (χ1) is 12.3. The van der Waals surface area contributed by atoms with Gasteiger partial charge in [0.05, 0.1) is 4.90 Å². The van der Waals surface area contributed by atoms with E-state index in [4.69, 9.17) is 10.3 Å². The van der Waals surface area contributed by atoms with E-state index < -0.39 is 16.0 Å². The van der Waals surface area contributed by atoms with Crippen molar-refractivity contribution in [3.05, 3.63) is 36.0 Å². The second-order valence-corrected chi connectivity index (χ2v) is 7.20. The molecule has 0 aliphatic carbocycles. The van der Waals surface area contributed by atoms with Crippen LogP contribution in [0, 0.1) is 11.3 Å². The number of hydrogen-bond acceptors (Lipinski definition) is 7. The average molecular weight is 379 g/mol. The minimum atomic E-state index is -4.37. The van der Waals surface area contributed by atoms with E-state index in [1.54, 1.807) is 0 Å². The summed E-state index contributed by atoms with van der Waals surface area (Å²) in [6.07, 6.45) is 1.50. The molecule has 1 amide bonds. The Bertz CT molecular complexity index is 823. The second kappa shape index (κ2) is 8.77. The first-order valence-electron chi connectivity index (χ1n) is 8.01. The predicted octanol–water partition coefficient (Wildman–Crippen LogP) is -0.144. The molecule has 10 heteroatoms. The molecule has 26 heavy (non-hydrogen) atoms. The molecule has 1 aliphatic rings. The van der Waals surface area contributed by atoms with Crippen LogP contribution in [-0.4, -0.2) is 67.9 Å². The maximum atomic E-state index is 12.3. The number of rotatable bonds is 6. The van der Waals surface area contributed by atoms with E-state index >= 15 is 0 Å². The van der Waals surface area contributed by atoms with Crippen molar-refractivity contribution in [3.63, 3.8) is 0 Å². The SMILES string of the molecule is N#C/C(=C/N1CCN(CCN)CC1)C(=O)Nc1cccc(S(=O)(=O)O)c1. The number of anilines is 1. The third-order valence-electron chi connectivity index (χ3n) is 3.92. The summed E-state index contributed by atoms with van der Waals surface area (Å²) in [6, 6.07) is 7.02. The number of nitriles is 1. The quantitative estimate of drug-likeness (QED) is 0.352. The predicted molar refractivity (Wildman–Crippen MR) is 95.6 cm³/mol. The molecule has 9 nitrogen and oxygen atoms in total. The molecule has 1 saturated heterocycles. The van der Waals surface area contributed by atoms with Crippen LogP contribution in [0.15, 0.2) is 40.9 Å². The van der Waals surface area contributed by atoms with E-state index in [1.165, 1.54) is 24.4 Å². The zero-order valence-corrected chi connectivity index (χ0v) is 14.9. The first-order valence-corrected chi connectivity index (χ1v) is 9.45. The molecule has 4 N–H and O–H groups in total. The second-order valence-electron chi connectivity index (χ2n) is 5.78. The summed E-state index contributed by atoms with van der Waals surface area (Å²) < 4.78 is 31.4. The zero-order valence-electron chi connectivity index (χ0n) is 14.1. The van der Waals surface area contributed by atoms with Crippen molar-refractivity contribution in [2.45, 2.75) is 4.90 Å². The van der Waals surface area contributed by atoms with E-state index in [-0.39, 0.29) is 16.2 Å². The molecular weight excluding hydrogens is 358 g/mol. The standard InChI is InChI=1S/C16H21N5O4S/c17-4-5-20-6-8-21(9-7-20)12-13(11-18)16(22)19-14-2-1-3-15(10-14)26(23,24)25/h1-3,10,12H,4-9,17H2,(H,19,22)(H,23,24,25)/b13-12-. The largest absolute Gasteiger partial charge is 0.374 e. The number of nitrogens with one attached hydrogen (secondary N) is 1. The van der Waals surface area contributed by atoms with Gasteiger partial charge in [0, 0.05) is 51.2 Å². The maximum Gasteiger partial charge on any atom is 0.294 e. The molecule has 1 aromatic rings. The van der Waals surface area contributed by atoms with E-state index in [0.29, 0.717) is 19.6 Å². The van der Waals surface area contributed by atoms with Gasteiger partial charge in [-0.15, -0.1) is 0 Å². The number of carbonyl (C=O) groups excluding carboxylic acids is 1. The van der Waals surface area contributed by atoms with Gasteiger partial charge in [-0.1, -0.05) is 6.07 Å². The molecule has 1 heterocycles. The molecule has 2 rings (SSSR count). The van der Waals surface area contributed by atoms with Gasteiger partial charge < -0.3 is 16.0 Å². The van der Waals surface area contributed by atoms with Crippen molar-refractivity contribution in [3.8, 4) is 6.07 Å². The van der Waals surface area contributed by atoms with Crippen molar-refractivity contribution < 1.29 is 17.8 Å². The molecule has 0 aromatic heterocycles. The van der Waals surface area contributed by atoms with Crippen LogP contribution in [0.4, 0.5) is 5.69 Å². The highest BCUT2D eigenvalue weighted by atomic mass is 32.2. The van der Waals surface area contributed by atoms with Crippen LogP contribution < -0.4 is 11.1 Å². The molecule has 1 fully saturated rings. The summed E-state index contributed by atoms with van der Waals surface area (Å²) in [6.45, 7) is 4.35. The topological polar surface area (TPSA) is 140 Å². The molecule has 0 saturated carbocycles. The van der Waals surface area contributed by atoms with E-state index in [0.717, 1.165) is 25.7 Å². The smallest absolute Gasteiger partial charge is 0.294 e. The number of nitrogens with zero attached hydrogens (tertiary/aromatic N) is 3. The highest BCUT2D eigenvalue weighted by Crippen LogP contribution is 2.16. The Morgan fingerprint density at radius 3 is 2.62 bits per heavy atom. The molecule has 0 bridgehead atoms. The van der Waals surface area contributed by atoms with E-state index in [2.05, 4.69) is 10.2 Å². The van der Waals surface area contributed by atoms with Crippen LogP contribution in [0.3, 0.4) is 0 Å². The zero-order chi connectivity index (χ0) is 19.2. The van der Waals surface area contributed by atoms with Gasteiger partial charge >= 0.3 is 0 Å². The highest BCUT2D eigenvalue weighted by Gasteiger charge is 2.17. The molecular formula is C16H21N5O4S. The lowest BCUT2D eigenvalue weighted by atomic mass is 10.2. The van der Waals surface area contributed by atoms with Crippen LogP contribution >= 0.6 is 0 Å². The van der Waals surface area contributed by atoms with Crippen LogP contribution in [0.5, 0.6) is 0 Å². The third kappa shape index (κ3) is 5.53. The van der Waals surface area contributed by atoms with Crippen molar-refractivity contribution in [1.82, 2.24) is 9.80 Å². The van der Waals surface area contributed by atoms with Crippen molar-refractivity contribution in [1.29, 1.82) is 5.26 Å². The summed E-state index contributed by atoms with van der Waals surface area (Å²) >= 11 is 0. The fraction of sp³-hybridized carbons (Fsp3) is 0.375. The number of piperazine rings is 1. The fourth-order valence-electron chi connectivity index (χ4n) is 2.55. The number of amides is 1. The van der Waals surface area contributed by atoms with Gasteiger partial charge in [-0.2, -0.15) is 13.7 Å². The molecule has 140 valence electrons. The number of hydrogen-bond donors (Lipinski definition) is 3. The van der Waals surface area contributed by atoms with Gasteiger partial charge in [0.25, 0.3) is 16.0 Å². The fourth-order valence-corrected chi connectivity index (χ4v) is 3.08. The molecule has 0 atom stereocenters. The van der Waals surface area contributed by atoms with Gasteiger partial charge in [-0.25, -0.2) is 0 Å². The molecule has 0 radical (unpaired) electrons. The lowest BCUT2D eigenvalue weighted by Crippen LogP contribution is -2.45. The van der Waals surface area contributed by atoms with Crippen molar-refractivity contribution in [2.24, 2.45) is 5.73 Å². The van der Waals surface area contributed by atoms with Gasteiger partial charge in [0.15, 0.2) is 0 Å². The molecule has 1 aromatic carbocycles.